The van der Waals surface area contributed by atoms with Gasteiger partial charge in [0.25, 0.3) is 0 Å². The van der Waals surface area contributed by atoms with E-state index in [-0.39, 0.29) is 11.9 Å². The van der Waals surface area contributed by atoms with Crippen molar-refractivity contribution < 1.29 is 4.79 Å². The highest BCUT2D eigenvalue weighted by Crippen LogP contribution is 2.03. The minimum absolute atomic E-state index is 0.0603. The Morgan fingerprint density at radius 3 is 3.20 bits per heavy atom. The molecule has 1 saturated heterocycles. The highest BCUT2D eigenvalue weighted by atomic mass is 16.2. The SMILES string of the molecule is Cn1nnc(CNC2CCCNC2=O)n1. The lowest BCUT2D eigenvalue weighted by molar-refractivity contribution is -0.124. The van der Waals surface area contributed by atoms with Crippen molar-refractivity contribution in [1.29, 1.82) is 0 Å². The molecule has 0 aromatic carbocycles. The van der Waals surface area contributed by atoms with E-state index in [1.807, 2.05) is 0 Å². The number of piperidine rings is 1. The number of hydrogen-bond acceptors (Lipinski definition) is 5. The molecule has 2 heterocycles. The van der Waals surface area contributed by atoms with Crippen LogP contribution in [0.5, 0.6) is 0 Å². The number of nitrogens with zero attached hydrogens (tertiary/aromatic N) is 4. The Kier molecular flexibility index (Phi) is 2.91. The molecule has 1 atom stereocenters. The number of amides is 1. The molecule has 0 aliphatic carbocycles. The van der Waals surface area contributed by atoms with Gasteiger partial charge in [-0.2, -0.15) is 4.80 Å². The van der Waals surface area contributed by atoms with E-state index in [1.54, 1.807) is 7.05 Å². The molecule has 7 nitrogen and oxygen atoms in total. The molecule has 7 heteroatoms. The van der Waals surface area contributed by atoms with Gasteiger partial charge < -0.3 is 5.32 Å². The number of nitrogens with one attached hydrogen (secondary N) is 2. The van der Waals surface area contributed by atoms with Crippen LogP contribution in [0.4, 0.5) is 0 Å². The molecule has 82 valence electrons. The molecular weight excluding hydrogens is 196 g/mol. The van der Waals surface area contributed by atoms with E-state index in [1.165, 1.54) is 4.80 Å². The molecular formula is C8H14N6O. The van der Waals surface area contributed by atoms with Crippen LogP contribution in [-0.2, 0) is 18.4 Å². The van der Waals surface area contributed by atoms with Gasteiger partial charge in [-0.1, -0.05) is 0 Å². The van der Waals surface area contributed by atoms with Gasteiger partial charge in [-0.15, -0.1) is 10.2 Å². The summed E-state index contributed by atoms with van der Waals surface area (Å²) in [7, 11) is 1.71. The molecule has 2 rings (SSSR count). The zero-order valence-corrected chi connectivity index (χ0v) is 8.60. The van der Waals surface area contributed by atoms with E-state index in [4.69, 9.17) is 0 Å². The Morgan fingerprint density at radius 1 is 1.67 bits per heavy atom. The van der Waals surface area contributed by atoms with Gasteiger partial charge in [-0.25, -0.2) is 0 Å². The van der Waals surface area contributed by atoms with Crippen LogP contribution in [0.25, 0.3) is 0 Å². The second-order valence-corrected chi connectivity index (χ2v) is 3.56. The summed E-state index contributed by atoms with van der Waals surface area (Å²) in [5.74, 6) is 0.668. The van der Waals surface area contributed by atoms with Gasteiger partial charge in [0.1, 0.15) is 0 Å². The van der Waals surface area contributed by atoms with E-state index in [2.05, 4.69) is 26.0 Å². The first kappa shape index (κ1) is 10.0. The van der Waals surface area contributed by atoms with Crippen LogP contribution < -0.4 is 10.6 Å². The van der Waals surface area contributed by atoms with Crippen LogP contribution >= 0.6 is 0 Å². The number of tetrazole rings is 1. The molecule has 0 bridgehead atoms. The highest BCUT2D eigenvalue weighted by molar-refractivity contribution is 5.82. The van der Waals surface area contributed by atoms with Gasteiger partial charge in [0, 0.05) is 6.54 Å². The van der Waals surface area contributed by atoms with Crippen molar-refractivity contribution in [2.24, 2.45) is 7.05 Å². The third-order valence-electron chi connectivity index (χ3n) is 2.34. The van der Waals surface area contributed by atoms with E-state index >= 15 is 0 Å². The smallest absolute Gasteiger partial charge is 0.237 e. The fourth-order valence-electron chi connectivity index (χ4n) is 1.58. The van der Waals surface area contributed by atoms with Crippen molar-refractivity contribution in [2.75, 3.05) is 6.54 Å². The molecule has 1 aliphatic heterocycles. The molecule has 1 fully saturated rings. The van der Waals surface area contributed by atoms with E-state index < -0.39 is 0 Å². The number of carbonyl (C=O) groups is 1. The van der Waals surface area contributed by atoms with E-state index in [0.717, 1.165) is 19.4 Å². The summed E-state index contributed by atoms with van der Waals surface area (Å²) < 4.78 is 0. The quantitative estimate of drug-likeness (QED) is 0.639. The highest BCUT2D eigenvalue weighted by Gasteiger charge is 2.21. The number of rotatable bonds is 3. The first-order valence-electron chi connectivity index (χ1n) is 4.99. The van der Waals surface area contributed by atoms with Crippen molar-refractivity contribution in [3.8, 4) is 0 Å². The molecule has 0 radical (unpaired) electrons. The summed E-state index contributed by atoms with van der Waals surface area (Å²) in [6.45, 7) is 1.26. The third kappa shape index (κ3) is 2.50. The van der Waals surface area contributed by atoms with Gasteiger partial charge in [0.2, 0.25) is 5.91 Å². The standard InChI is InChI=1S/C8H14N6O/c1-14-12-7(11-13-14)5-10-6-3-2-4-9-8(6)15/h6,10H,2-5H2,1H3,(H,9,15). The molecule has 1 aromatic heterocycles. The second-order valence-electron chi connectivity index (χ2n) is 3.56. The van der Waals surface area contributed by atoms with Crippen LogP contribution in [0.2, 0.25) is 0 Å². The van der Waals surface area contributed by atoms with Gasteiger partial charge in [0.15, 0.2) is 5.82 Å². The fourth-order valence-corrected chi connectivity index (χ4v) is 1.58. The van der Waals surface area contributed by atoms with Crippen LogP contribution in [0, 0.1) is 0 Å². The predicted octanol–water partition coefficient (Wildman–Crippen LogP) is -1.42. The molecule has 1 amide bonds. The molecule has 0 saturated carbocycles. The molecule has 1 aliphatic rings. The Bertz CT molecular complexity index is 349. The number of carbonyl (C=O) groups excluding carboxylic acids is 1. The van der Waals surface area contributed by atoms with Crippen molar-refractivity contribution in [3.63, 3.8) is 0 Å². The zero-order chi connectivity index (χ0) is 10.7. The van der Waals surface area contributed by atoms with Crippen molar-refractivity contribution >= 4 is 5.91 Å². The third-order valence-corrected chi connectivity index (χ3v) is 2.34. The average Bonchev–Trinajstić information content (AvgIpc) is 2.63. The fraction of sp³-hybridized carbons (Fsp3) is 0.750. The van der Waals surface area contributed by atoms with Crippen molar-refractivity contribution in [1.82, 2.24) is 30.8 Å². The van der Waals surface area contributed by atoms with Gasteiger partial charge in [0.05, 0.1) is 19.6 Å². The molecule has 2 N–H and O–H groups in total. The molecule has 1 aromatic rings. The van der Waals surface area contributed by atoms with E-state index in [9.17, 15) is 4.79 Å². The van der Waals surface area contributed by atoms with Crippen LogP contribution in [0.3, 0.4) is 0 Å². The minimum atomic E-state index is -0.123. The lowest BCUT2D eigenvalue weighted by atomic mass is 10.1. The monoisotopic (exact) mass is 210 g/mol. The van der Waals surface area contributed by atoms with Crippen LogP contribution in [0.1, 0.15) is 18.7 Å². The maximum atomic E-state index is 11.4. The molecule has 15 heavy (non-hydrogen) atoms. The maximum absolute atomic E-state index is 11.4. The van der Waals surface area contributed by atoms with Gasteiger partial charge in [-0.3, -0.25) is 10.1 Å². The summed E-state index contributed by atoms with van der Waals surface area (Å²) in [5, 5.41) is 17.5. The first-order chi connectivity index (χ1) is 7.25. The lowest BCUT2D eigenvalue weighted by Crippen LogP contribution is -2.48. The Morgan fingerprint density at radius 2 is 2.53 bits per heavy atom. The number of aromatic nitrogens is 4. The summed E-state index contributed by atoms with van der Waals surface area (Å²) >= 11 is 0. The topological polar surface area (TPSA) is 84.7 Å². The summed E-state index contributed by atoms with van der Waals surface area (Å²) in [6.07, 6.45) is 1.88. The summed E-state index contributed by atoms with van der Waals surface area (Å²) in [6, 6.07) is -0.123. The number of aryl methyl sites for hydroxylation is 1. The van der Waals surface area contributed by atoms with Crippen molar-refractivity contribution in [2.45, 2.75) is 25.4 Å². The Labute approximate surface area is 87.2 Å². The Balaban J connectivity index is 1.84. The largest absolute Gasteiger partial charge is 0.355 e. The molecule has 1 unspecified atom stereocenters. The predicted molar refractivity (Wildman–Crippen MR) is 51.7 cm³/mol. The normalized spacial score (nSPS) is 21.4. The van der Waals surface area contributed by atoms with Gasteiger partial charge >= 0.3 is 0 Å². The number of hydrogen-bond donors (Lipinski definition) is 2. The second kappa shape index (κ2) is 4.35. The van der Waals surface area contributed by atoms with Crippen LogP contribution in [0.15, 0.2) is 0 Å². The summed E-state index contributed by atoms with van der Waals surface area (Å²) in [5.41, 5.74) is 0. The van der Waals surface area contributed by atoms with Gasteiger partial charge in [-0.05, 0) is 18.1 Å². The maximum Gasteiger partial charge on any atom is 0.237 e. The van der Waals surface area contributed by atoms with Crippen molar-refractivity contribution in [3.05, 3.63) is 5.82 Å². The molecule has 0 spiro atoms. The van der Waals surface area contributed by atoms with E-state index in [0.29, 0.717) is 12.4 Å². The Hall–Kier alpha value is -1.50. The summed E-state index contributed by atoms with van der Waals surface area (Å²) in [4.78, 5) is 12.8. The van der Waals surface area contributed by atoms with Crippen LogP contribution in [-0.4, -0.2) is 38.7 Å². The first-order valence-corrected chi connectivity index (χ1v) is 4.99. The zero-order valence-electron chi connectivity index (χ0n) is 8.60. The lowest BCUT2D eigenvalue weighted by Gasteiger charge is -2.22. The average molecular weight is 210 g/mol. The minimum Gasteiger partial charge on any atom is -0.355 e.